The molecule has 20 heavy (non-hydrogen) atoms. The van der Waals surface area contributed by atoms with Crippen molar-refractivity contribution in [2.75, 3.05) is 0 Å². The summed E-state index contributed by atoms with van der Waals surface area (Å²) in [6.45, 7) is 5.68. The molecule has 2 unspecified atom stereocenters. The molecule has 1 rings (SSSR count). The van der Waals surface area contributed by atoms with E-state index in [0.29, 0.717) is 12.8 Å². The summed E-state index contributed by atoms with van der Waals surface area (Å²) in [6, 6.07) is -0.635. The lowest BCUT2D eigenvalue weighted by molar-refractivity contribution is -0.270. The highest BCUT2D eigenvalue weighted by molar-refractivity contribution is 5.84. The fraction of sp³-hybridized carbons (Fsp3) is 0.923. The van der Waals surface area contributed by atoms with Crippen LogP contribution < -0.4 is 5.32 Å². The summed E-state index contributed by atoms with van der Waals surface area (Å²) < 4.78 is 62.4. The summed E-state index contributed by atoms with van der Waals surface area (Å²) in [5.74, 6) is -7.69. The fourth-order valence-corrected chi connectivity index (χ4v) is 2.73. The topological polar surface area (TPSA) is 29.1 Å². The van der Waals surface area contributed by atoms with Gasteiger partial charge in [0.15, 0.2) is 0 Å². The SMILES string of the molecule is CC(C)(C)C1CCCCC1NC(=O)C(F)(F)C(F)(F)F. The average Bonchev–Trinajstić information content (AvgIpc) is 2.26. The number of alkyl halides is 5. The number of rotatable bonds is 2. The molecule has 2 nitrogen and oxygen atoms in total. The summed E-state index contributed by atoms with van der Waals surface area (Å²) in [5.41, 5.74) is -0.258. The average molecular weight is 301 g/mol. The molecule has 2 atom stereocenters. The van der Waals surface area contributed by atoms with Crippen LogP contribution in [-0.4, -0.2) is 24.0 Å². The number of hydrogen-bond donors (Lipinski definition) is 1. The third-order valence-corrected chi connectivity index (χ3v) is 3.84. The molecule has 1 aliphatic rings. The predicted molar refractivity (Wildman–Crippen MR) is 64.3 cm³/mol. The molecule has 0 radical (unpaired) electrons. The molecule has 1 fully saturated rings. The second-order valence-corrected chi connectivity index (χ2v) is 6.41. The molecule has 1 amide bonds. The first-order valence-corrected chi connectivity index (χ1v) is 6.63. The van der Waals surface area contributed by atoms with Crippen LogP contribution in [0.2, 0.25) is 0 Å². The van der Waals surface area contributed by atoms with Crippen molar-refractivity contribution in [1.82, 2.24) is 5.32 Å². The lowest BCUT2D eigenvalue weighted by Crippen LogP contribution is -2.56. The Kier molecular flexibility index (Phi) is 4.71. The van der Waals surface area contributed by atoms with E-state index in [1.54, 1.807) is 0 Å². The number of carbonyl (C=O) groups is 1. The second-order valence-electron chi connectivity index (χ2n) is 6.41. The van der Waals surface area contributed by atoms with Gasteiger partial charge in [-0.2, -0.15) is 22.0 Å². The smallest absolute Gasteiger partial charge is 0.348 e. The standard InChI is InChI=1S/C13H20F5NO/c1-11(2,3)8-6-4-5-7-9(8)19-10(20)12(14,15)13(16,17)18/h8-9H,4-7H2,1-3H3,(H,19,20). The van der Waals surface area contributed by atoms with Crippen LogP contribution in [0, 0.1) is 11.3 Å². The molecule has 1 saturated carbocycles. The van der Waals surface area contributed by atoms with Crippen molar-refractivity contribution in [3.05, 3.63) is 0 Å². The summed E-state index contributed by atoms with van der Waals surface area (Å²) in [5, 5.41) is 1.91. The van der Waals surface area contributed by atoms with Gasteiger partial charge in [-0.1, -0.05) is 33.6 Å². The van der Waals surface area contributed by atoms with Crippen LogP contribution in [0.15, 0.2) is 0 Å². The first kappa shape index (κ1) is 17.2. The van der Waals surface area contributed by atoms with Crippen molar-refractivity contribution in [2.45, 2.75) is 64.6 Å². The van der Waals surface area contributed by atoms with E-state index in [0.717, 1.165) is 12.8 Å². The Morgan fingerprint density at radius 2 is 1.50 bits per heavy atom. The monoisotopic (exact) mass is 301 g/mol. The van der Waals surface area contributed by atoms with Gasteiger partial charge in [0.1, 0.15) is 0 Å². The van der Waals surface area contributed by atoms with Crippen LogP contribution in [-0.2, 0) is 4.79 Å². The maximum Gasteiger partial charge on any atom is 0.463 e. The molecule has 1 N–H and O–H groups in total. The quantitative estimate of drug-likeness (QED) is 0.770. The third kappa shape index (κ3) is 3.61. The Labute approximate surface area is 115 Å². The van der Waals surface area contributed by atoms with E-state index in [-0.39, 0.29) is 11.3 Å². The molecule has 1 aliphatic carbocycles. The van der Waals surface area contributed by atoms with Crippen molar-refractivity contribution in [3.8, 4) is 0 Å². The lowest BCUT2D eigenvalue weighted by atomic mass is 9.69. The van der Waals surface area contributed by atoms with Gasteiger partial charge in [-0.3, -0.25) is 4.79 Å². The fourth-order valence-electron chi connectivity index (χ4n) is 2.73. The van der Waals surface area contributed by atoms with Gasteiger partial charge in [-0.15, -0.1) is 0 Å². The van der Waals surface area contributed by atoms with Crippen molar-refractivity contribution >= 4 is 5.91 Å². The van der Waals surface area contributed by atoms with Gasteiger partial charge >= 0.3 is 18.0 Å². The van der Waals surface area contributed by atoms with Gasteiger partial charge < -0.3 is 5.32 Å². The molecule has 0 aromatic heterocycles. The van der Waals surface area contributed by atoms with E-state index in [2.05, 4.69) is 0 Å². The largest absolute Gasteiger partial charge is 0.463 e. The zero-order valence-corrected chi connectivity index (χ0v) is 11.8. The zero-order chi connectivity index (χ0) is 15.8. The number of hydrogen-bond acceptors (Lipinski definition) is 1. The molecular weight excluding hydrogens is 281 g/mol. The Balaban J connectivity index is 2.83. The van der Waals surface area contributed by atoms with Crippen molar-refractivity contribution < 1.29 is 26.7 Å². The van der Waals surface area contributed by atoms with E-state index in [4.69, 9.17) is 0 Å². The second kappa shape index (κ2) is 5.48. The molecule has 0 spiro atoms. The predicted octanol–water partition coefficient (Wildman–Crippen LogP) is 3.91. The molecule has 7 heteroatoms. The van der Waals surface area contributed by atoms with Crippen molar-refractivity contribution in [2.24, 2.45) is 11.3 Å². The maximum atomic E-state index is 13.0. The van der Waals surface area contributed by atoms with Gasteiger partial charge in [0.05, 0.1) is 0 Å². The van der Waals surface area contributed by atoms with E-state index in [1.807, 2.05) is 26.1 Å². The Morgan fingerprint density at radius 1 is 1.00 bits per heavy atom. The van der Waals surface area contributed by atoms with Gasteiger partial charge in [0.2, 0.25) is 0 Å². The minimum absolute atomic E-state index is 0.107. The molecule has 0 aromatic rings. The first-order valence-electron chi connectivity index (χ1n) is 6.63. The molecule has 0 heterocycles. The highest BCUT2D eigenvalue weighted by Gasteiger charge is 2.63. The van der Waals surface area contributed by atoms with Crippen LogP contribution >= 0.6 is 0 Å². The number of amides is 1. The van der Waals surface area contributed by atoms with Gasteiger partial charge in [0, 0.05) is 6.04 Å². The zero-order valence-electron chi connectivity index (χ0n) is 11.8. The summed E-state index contributed by atoms with van der Waals surface area (Å²) in [4.78, 5) is 11.3. The summed E-state index contributed by atoms with van der Waals surface area (Å²) >= 11 is 0. The molecule has 0 aliphatic heterocycles. The molecular formula is C13H20F5NO. The number of halogens is 5. The maximum absolute atomic E-state index is 13.0. The molecule has 0 bridgehead atoms. The minimum Gasteiger partial charge on any atom is -0.348 e. The third-order valence-electron chi connectivity index (χ3n) is 3.84. The molecule has 118 valence electrons. The van der Waals surface area contributed by atoms with E-state index in [1.165, 1.54) is 0 Å². The molecule has 0 saturated heterocycles. The van der Waals surface area contributed by atoms with Crippen LogP contribution in [0.4, 0.5) is 22.0 Å². The van der Waals surface area contributed by atoms with E-state index < -0.39 is 24.0 Å². The highest BCUT2D eigenvalue weighted by atomic mass is 19.4. The van der Waals surface area contributed by atoms with Gasteiger partial charge in [0.25, 0.3) is 0 Å². The Morgan fingerprint density at radius 3 is 1.95 bits per heavy atom. The van der Waals surface area contributed by atoms with E-state index >= 15 is 0 Å². The minimum atomic E-state index is -5.86. The summed E-state index contributed by atoms with van der Waals surface area (Å²) in [6.07, 6.45) is -3.10. The van der Waals surface area contributed by atoms with Gasteiger partial charge in [-0.05, 0) is 24.2 Å². The number of nitrogens with one attached hydrogen (secondary N) is 1. The van der Waals surface area contributed by atoms with E-state index in [9.17, 15) is 26.7 Å². The Bertz CT molecular complexity index is 359. The van der Waals surface area contributed by atoms with Gasteiger partial charge in [-0.25, -0.2) is 0 Å². The van der Waals surface area contributed by atoms with Crippen LogP contribution in [0.3, 0.4) is 0 Å². The van der Waals surface area contributed by atoms with Crippen molar-refractivity contribution in [1.29, 1.82) is 0 Å². The lowest BCUT2D eigenvalue weighted by Gasteiger charge is -2.41. The normalized spacial score (nSPS) is 25.4. The Hall–Kier alpha value is -0.880. The number of carbonyl (C=O) groups excluding carboxylic acids is 1. The van der Waals surface area contributed by atoms with Crippen LogP contribution in [0.25, 0.3) is 0 Å². The highest BCUT2D eigenvalue weighted by Crippen LogP contribution is 2.40. The summed E-state index contributed by atoms with van der Waals surface area (Å²) in [7, 11) is 0. The van der Waals surface area contributed by atoms with Crippen LogP contribution in [0.5, 0.6) is 0 Å². The van der Waals surface area contributed by atoms with Crippen LogP contribution in [0.1, 0.15) is 46.5 Å². The first-order chi connectivity index (χ1) is 8.87. The molecule has 0 aromatic carbocycles. The van der Waals surface area contributed by atoms with Crippen molar-refractivity contribution in [3.63, 3.8) is 0 Å².